The minimum absolute atomic E-state index is 0. The first-order valence-electron chi connectivity index (χ1n) is 44.0. The molecule has 0 spiro atoms. The number of aromatic nitrogens is 4. The van der Waals surface area contributed by atoms with Gasteiger partial charge in [-0.1, -0.05) is 413 Å². The molecule has 3 aliphatic rings. The summed E-state index contributed by atoms with van der Waals surface area (Å²) in [5.41, 5.74) is 34.0. The molecule has 0 amide bonds. The van der Waals surface area contributed by atoms with Gasteiger partial charge in [0.25, 0.3) is 0 Å². The maximum Gasteiger partial charge on any atom is 2.00 e. The fraction of sp³-hybridized carbons (Fsp3) is 0. The Morgan fingerprint density at radius 2 is 0.279 bits per heavy atom. The van der Waals surface area contributed by atoms with Gasteiger partial charge < -0.3 is 9.97 Å². The Hall–Kier alpha value is -16.2. The van der Waals surface area contributed by atoms with Crippen molar-refractivity contribution in [2.24, 2.45) is 0 Å². The smallest absolute Gasteiger partial charge is 0.656 e. The summed E-state index contributed by atoms with van der Waals surface area (Å²) in [4.78, 5) is 27.5. The minimum atomic E-state index is 0. The van der Waals surface area contributed by atoms with E-state index in [1.165, 1.54) is 0 Å². The summed E-state index contributed by atoms with van der Waals surface area (Å²) in [6.45, 7) is 0. The van der Waals surface area contributed by atoms with E-state index < -0.39 is 0 Å². The van der Waals surface area contributed by atoms with E-state index in [-0.39, 0.29) is 21.1 Å². The molecular formula is C124H76N4Pt. The van der Waals surface area contributed by atoms with Crippen LogP contribution in [0.15, 0.2) is 461 Å². The summed E-state index contributed by atoms with van der Waals surface area (Å²) >= 11 is 0. The summed E-state index contributed by atoms with van der Waals surface area (Å²) in [6, 6.07) is 170. The van der Waals surface area contributed by atoms with Crippen LogP contribution in [0.1, 0.15) is 0 Å². The molecule has 4 nitrogen and oxygen atoms in total. The van der Waals surface area contributed by atoms with E-state index in [1.807, 2.05) is 0 Å². The molecule has 4 heterocycles. The molecular weight excluding hydrogens is 1740 g/mol. The molecule has 5 heteroatoms. The molecule has 0 saturated heterocycles. The van der Waals surface area contributed by atoms with Crippen LogP contribution in [0.4, 0.5) is 0 Å². The van der Waals surface area contributed by atoms with Crippen molar-refractivity contribution in [1.82, 2.24) is 19.9 Å². The first kappa shape index (κ1) is 76.4. The van der Waals surface area contributed by atoms with E-state index in [0.29, 0.717) is 0 Å². The van der Waals surface area contributed by atoms with E-state index in [4.69, 9.17) is 19.9 Å². The van der Waals surface area contributed by atoms with Gasteiger partial charge in [0.05, 0.1) is 22.8 Å². The van der Waals surface area contributed by atoms with Crippen molar-refractivity contribution >= 4 is 86.7 Å². The zero-order chi connectivity index (χ0) is 84.3. The Labute approximate surface area is 761 Å². The van der Waals surface area contributed by atoms with Gasteiger partial charge in [-0.3, -0.25) is 0 Å². The van der Waals surface area contributed by atoms with Crippen LogP contribution < -0.4 is 9.97 Å². The molecule has 0 saturated carbocycles. The van der Waals surface area contributed by atoms with Gasteiger partial charge in [-0.2, -0.15) is 0 Å². The molecule has 0 fully saturated rings. The number of hydrogen-bond acceptors (Lipinski definition) is 2. The zero-order valence-electron chi connectivity index (χ0n) is 70.0. The summed E-state index contributed by atoms with van der Waals surface area (Å²) in [5, 5.41) is 12.4. The van der Waals surface area contributed by atoms with Gasteiger partial charge in [0.2, 0.25) is 0 Å². The third-order valence-corrected chi connectivity index (χ3v) is 26.3. The number of rotatable bonds is 12. The second-order valence-corrected chi connectivity index (χ2v) is 33.6. The Morgan fingerprint density at radius 3 is 0.442 bits per heavy atom. The number of benzene rings is 20. The van der Waals surface area contributed by atoms with E-state index in [9.17, 15) is 0 Å². The number of nitrogens with zero attached hydrogens (tertiary/aromatic N) is 4. The molecule has 0 N–H and O–H groups in total. The molecule has 25 rings (SSSR count). The standard InChI is InChI=1S/C124H76N4.Pt/c1-9-37-77(38-10-1)93-61-33-62-94(78-39-11-2-12-40-78)109(93)113-117-101-69-85-53-25-27-55-87(85)71-103(101)119(125-117)114(110-95(79-41-13-3-14-42-79)63-34-64-96(110)80-43-15-4-16-44-80)121-105-73-89-57-29-31-59-91(89)75-107(105)123(127-121)116(112-99(83-49-21-7-22-50-83)67-36-68-100(112)84-51-23-8-24-52-84)124-108-76-92-60-32-30-58-90(92)74-106(108)122(128-124)115(120-104-72-88-56-28-26-54-86(88)70-102(104)118(113)126-120)111-97(81-45-17-5-18-46-81)65-35-66-98(111)82-47-19-6-20-48-82;/h1-76H;/q-2;+2. The molecule has 8 bridgehead atoms. The van der Waals surface area contributed by atoms with Gasteiger partial charge in [-0.05, 0) is 247 Å². The quantitative estimate of drug-likeness (QED) is 0.122. The SMILES string of the molecule is [Pt+2].c1ccc(-c2cccc(-c3ccccc3)c2-c2c3nc(c(-c4c(-c5ccccc5)cccc4-c4ccccc4)c4[n-]c(c(-c5c(-c6ccccc6)cccc5-c5ccccc5)c5nc(c(-c6c(-c7ccccc7)cccc6-c6ccccc6)c6[n-]c2c2cc7ccccc7cc62)-c2cc6ccccc6cc2-5)c2cc5ccccc5cc42)-c2cc4ccccc4cc2-3)cc1. The van der Waals surface area contributed by atoms with Crippen LogP contribution in [0.3, 0.4) is 0 Å². The number of fused-ring (bicyclic) bond motifs is 4. The van der Waals surface area contributed by atoms with Crippen molar-refractivity contribution in [3.05, 3.63) is 461 Å². The first-order chi connectivity index (χ1) is 63.5. The van der Waals surface area contributed by atoms with E-state index >= 15 is 0 Å². The zero-order valence-corrected chi connectivity index (χ0v) is 72.3. The summed E-state index contributed by atoms with van der Waals surface area (Å²) in [5.74, 6) is 0. The van der Waals surface area contributed by atoms with Crippen LogP contribution in [0.5, 0.6) is 0 Å². The predicted molar refractivity (Wildman–Crippen MR) is 538 cm³/mol. The third kappa shape index (κ3) is 12.8. The second kappa shape index (κ2) is 31.8. The van der Waals surface area contributed by atoms with Crippen molar-refractivity contribution in [3.8, 4) is 179 Å². The van der Waals surface area contributed by atoms with Crippen LogP contribution in [0, 0.1) is 0 Å². The Balaban J connectivity index is 0.00000924. The van der Waals surface area contributed by atoms with Crippen molar-refractivity contribution in [1.29, 1.82) is 0 Å². The Kier molecular flexibility index (Phi) is 18.8. The van der Waals surface area contributed by atoms with Gasteiger partial charge >= 0.3 is 21.1 Å². The van der Waals surface area contributed by atoms with Crippen LogP contribution in [0.2, 0.25) is 0 Å². The van der Waals surface area contributed by atoms with Crippen LogP contribution in [0.25, 0.3) is 265 Å². The monoisotopic (exact) mass is 1820 g/mol. The molecule has 2 aromatic heterocycles. The molecule has 20 aromatic carbocycles. The van der Waals surface area contributed by atoms with E-state index in [2.05, 4.69) is 461 Å². The van der Waals surface area contributed by atoms with Crippen molar-refractivity contribution in [2.75, 3.05) is 0 Å². The van der Waals surface area contributed by atoms with Crippen LogP contribution in [-0.4, -0.2) is 9.97 Å². The molecule has 602 valence electrons. The second-order valence-electron chi connectivity index (χ2n) is 33.6. The fourth-order valence-corrected chi connectivity index (χ4v) is 20.5. The first-order valence-corrected chi connectivity index (χ1v) is 44.0. The molecule has 22 aromatic rings. The van der Waals surface area contributed by atoms with Gasteiger partial charge in [0.1, 0.15) is 0 Å². The minimum Gasteiger partial charge on any atom is -0.656 e. The average Bonchev–Trinajstić information content (AvgIpc) is 1.54. The van der Waals surface area contributed by atoms with Crippen LogP contribution in [-0.2, 0) is 21.1 Å². The molecule has 1 aliphatic carbocycles. The van der Waals surface area contributed by atoms with Gasteiger partial charge in [-0.25, -0.2) is 9.97 Å². The van der Waals surface area contributed by atoms with Gasteiger partial charge in [-0.15, -0.1) is 22.1 Å². The molecule has 2 aliphatic heterocycles. The maximum absolute atomic E-state index is 6.88. The fourth-order valence-electron chi connectivity index (χ4n) is 20.5. The van der Waals surface area contributed by atoms with Crippen LogP contribution >= 0.6 is 0 Å². The largest absolute Gasteiger partial charge is 2.00 e. The van der Waals surface area contributed by atoms with Crippen molar-refractivity contribution in [2.45, 2.75) is 0 Å². The molecule has 0 radical (unpaired) electrons. The molecule has 0 unspecified atom stereocenters. The molecule has 0 atom stereocenters. The van der Waals surface area contributed by atoms with E-state index in [0.717, 1.165) is 265 Å². The molecule has 129 heavy (non-hydrogen) atoms. The predicted octanol–water partition coefficient (Wildman–Crippen LogP) is 33.2. The van der Waals surface area contributed by atoms with Crippen molar-refractivity contribution < 1.29 is 21.1 Å². The topological polar surface area (TPSA) is 54.0 Å². The van der Waals surface area contributed by atoms with Crippen molar-refractivity contribution in [3.63, 3.8) is 0 Å². The van der Waals surface area contributed by atoms with E-state index in [1.54, 1.807) is 0 Å². The summed E-state index contributed by atoms with van der Waals surface area (Å²) in [7, 11) is 0. The normalized spacial score (nSPS) is 11.7. The number of hydrogen-bond donors (Lipinski definition) is 0. The summed E-state index contributed by atoms with van der Waals surface area (Å²) < 4.78 is 0. The van der Waals surface area contributed by atoms with Gasteiger partial charge in [0, 0.05) is 22.3 Å². The Morgan fingerprint density at radius 1 is 0.132 bits per heavy atom. The average molecular weight is 1820 g/mol. The summed E-state index contributed by atoms with van der Waals surface area (Å²) in [6.07, 6.45) is 0. The third-order valence-electron chi connectivity index (χ3n) is 26.3. The Bertz CT molecular complexity index is 7400. The maximum atomic E-state index is 6.88. The van der Waals surface area contributed by atoms with Gasteiger partial charge in [0.15, 0.2) is 0 Å².